The Hall–Kier alpha value is -3.45. The summed E-state index contributed by atoms with van der Waals surface area (Å²) in [5.41, 5.74) is -0.116. The molecular formula is C21H22N6O3S. The first-order valence-electron chi connectivity index (χ1n) is 9.44. The SMILES string of the molecule is Cn1c(=O)c2c(SCC(=O)Nc3ccc(C#N)cc3)nc(C(C)(C)C)nc2n(C)c1=O. The number of amides is 1. The number of anilines is 1. The fourth-order valence-electron chi connectivity index (χ4n) is 2.83. The van der Waals surface area contributed by atoms with Crippen molar-refractivity contribution in [3.63, 3.8) is 0 Å². The highest BCUT2D eigenvalue weighted by atomic mass is 32.2. The van der Waals surface area contributed by atoms with Gasteiger partial charge in [0.25, 0.3) is 5.56 Å². The molecule has 0 aliphatic heterocycles. The van der Waals surface area contributed by atoms with E-state index in [0.29, 0.717) is 22.1 Å². The van der Waals surface area contributed by atoms with E-state index in [0.717, 1.165) is 16.3 Å². The lowest BCUT2D eigenvalue weighted by molar-refractivity contribution is -0.113. The standard InChI is InChI=1S/C21H22N6O3S/c1-21(2,3)19-24-16-15(18(29)27(5)20(30)26(16)4)17(25-19)31-11-14(28)23-13-8-6-12(10-22)7-9-13/h6-9H,11H2,1-5H3,(H,23,28). The average Bonchev–Trinajstić information content (AvgIpc) is 2.74. The quantitative estimate of drug-likeness (QED) is 0.488. The van der Waals surface area contributed by atoms with Crippen LogP contribution in [-0.2, 0) is 24.3 Å². The van der Waals surface area contributed by atoms with Gasteiger partial charge in [0.2, 0.25) is 5.91 Å². The summed E-state index contributed by atoms with van der Waals surface area (Å²) >= 11 is 1.11. The Morgan fingerprint density at radius 1 is 1.13 bits per heavy atom. The van der Waals surface area contributed by atoms with Crippen LogP contribution in [0.4, 0.5) is 5.69 Å². The third-order valence-electron chi connectivity index (χ3n) is 4.58. The van der Waals surface area contributed by atoms with Gasteiger partial charge in [-0.15, -0.1) is 0 Å². The lowest BCUT2D eigenvalue weighted by atomic mass is 9.96. The molecule has 0 saturated heterocycles. The van der Waals surface area contributed by atoms with Gasteiger partial charge in [-0.1, -0.05) is 32.5 Å². The molecule has 0 radical (unpaired) electrons. The zero-order valence-electron chi connectivity index (χ0n) is 17.9. The largest absolute Gasteiger partial charge is 0.332 e. The van der Waals surface area contributed by atoms with E-state index in [9.17, 15) is 14.4 Å². The molecule has 1 aromatic carbocycles. The third kappa shape index (κ3) is 4.51. The van der Waals surface area contributed by atoms with E-state index in [2.05, 4.69) is 15.3 Å². The minimum Gasteiger partial charge on any atom is -0.325 e. The number of benzene rings is 1. The second-order valence-corrected chi connectivity index (χ2v) is 9.00. The summed E-state index contributed by atoms with van der Waals surface area (Å²) in [6.07, 6.45) is 0. The van der Waals surface area contributed by atoms with Crippen molar-refractivity contribution in [2.45, 2.75) is 31.2 Å². The zero-order valence-corrected chi connectivity index (χ0v) is 18.7. The molecule has 9 nitrogen and oxygen atoms in total. The minimum atomic E-state index is -0.506. The lowest BCUT2D eigenvalue weighted by Gasteiger charge is -2.19. The summed E-state index contributed by atoms with van der Waals surface area (Å²) in [5.74, 6) is 0.181. The van der Waals surface area contributed by atoms with Crippen LogP contribution in [0, 0.1) is 11.3 Å². The number of rotatable bonds is 4. The van der Waals surface area contributed by atoms with Gasteiger partial charge in [-0.2, -0.15) is 5.26 Å². The number of aryl methyl sites for hydroxylation is 1. The molecule has 0 fully saturated rings. The molecule has 3 rings (SSSR count). The first-order chi connectivity index (χ1) is 14.5. The van der Waals surface area contributed by atoms with Gasteiger partial charge in [-0.25, -0.2) is 14.8 Å². The summed E-state index contributed by atoms with van der Waals surface area (Å²) in [6, 6.07) is 8.53. The number of nitriles is 1. The molecule has 160 valence electrons. The smallest absolute Gasteiger partial charge is 0.325 e. The Morgan fingerprint density at radius 2 is 1.77 bits per heavy atom. The van der Waals surface area contributed by atoms with Crippen LogP contribution in [0.5, 0.6) is 0 Å². The molecule has 3 aromatic rings. The second-order valence-electron chi connectivity index (χ2n) is 8.03. The normalized spacial score (nSPS) is 11.4. The van der Waals surface area contributed by atoms with Gasteiger partial charge in [0.05, 0.1) is 17.4 Å². The Labute approximate surface area is 182 Å². The van der Waals surface area contributed by atoms with E-state index in [1.807, 2.05) is 26.8 Å². The highest BCUT2D eigenvalue weighted by Gasteiger charge is 2.24. The van der Waals surface area contributed by atoms with E-state index in [4.69, 9.17) is 5.26 Å². The van der Waals surface area contributed by atoms with E-state index in [1.54, 1.807) is 31.3 Å². The first-order valence-corrected chi connectivity index (χ1v) is 10.4. The minimum absolute atomic E-state index is 0.00168. The predicted molar refractivity (Wildman–Crippen MR) is 119 cm³/mol. The van der Waals surface area contributed by atoms with Crippen molar-refractivity contribution in [1.82, 2.24) is 19.1 Å². The molecule has 0 aliphatic rings. The van der Waals surface area contributed by atoms with Gasteiger partial charge in [0.1, 0.15) is 16.2 Å². The highest BCUT2D eigenvalue weighted by Crippen LogP contribution is 2.27. The zero-order chi connectivity index (χ0) is 22.9. The van der Waals surface area contributed by atoms with E-state index in [-0.39, 0.29) is 22.7 Å². The topological polar surface area (TPSA) is 123 Å². The van der Waals surface area contributed by atoms with Crippen LogP contribution in [-0.4, -0.2) is 30.8 Å². The van der Waals surface area contributed by atoms with E-state index >= 15 is 0 Å². The molecule has 0 bridgehead atoms. The van der Waals surface area contributed by atoms with E-state index < -0.39 is 16.7 Å². The number of fused-ring (bicyclic) bond motifs is 1. The summed E-state index contributed by atoms with van der Waals surface area (Å²) in [5, 5.41) is 12.2. The van der Waals surface area contributed by atoms with Gasteiger partial charge >= 0.3 is 5.69 Å². The first kappa shape index (κ1) is 22.2. The van der Waals surface area contributed by atoms with Crippen molar-refractivity contribution >= 4 is 34.4 Å². The van der Waals surface area contributed by atoms with Crippen molar-refractivity contribution < 1.29 is 4.79 Å². The Kier molecular flexibility index (Phi) is 5.99. The van der Waals surface area contributed by atoms with Crippen molar-refractivity contribution in [3.8, 4) is 6.07 Å². The summed E-state index contributed by atoms with van der Waals surface area (Å²) in [4.78, 5) is 46.7. The fraction of sp³-hybridized carbons (Fsp3) is 0.333. The van der Waals surface area contributed by atoms with Crippen LogP contribution in [0.1, 0.15) is 32.2 Å². The molecule has 31 heavy (non-hydrogen) atoms. The summed E-state index contributed by atoms with van der Waals surface area (Å²) in [7, 11) is 2.95. The maximum atomic E-state index is 12.8. The van der Waals surface area contributed by atoms with Crippen LogP contribution in [0.3, 0.4) is 0 Å². The molecule has 2 aromatic heterocycles. The number of hydrogen-bond acceptors (Lipinski definition) is 7. The summed E-state index contributed by atoms with van der Waals surface area (Å²) < 4.78 is 2.32. The van der Waals surface area contributed by atoms with Crippen LogP contribution in [0.2, 0.25) is 0 Å². The molecule has 0 aliphatic carbocycles. The van der Waals surface area contributed by atoms with Gasteiger partial charge in [0, 0.05) is 25.2 Å². The average molecular weight is 439 g/mol. The Bertz CT molecular complexity index is 1330. The molecule has 0 unspecified atom stereocenters. The second kappa shape index (κ2) is 8.35. The van der Waals surface area contributed by atoms with Crippen molar-refractivity contribution in [2.75, 3.05) is 11.1 Å². The number of thioether (sulfide) groups is 1. The van der Waals surface area contributed by atoms with Gasteiger partial charge < -0.3 is 5.32 Å². The Balaban J connectivity index is 1.98. The maximum Gasteiger partial charge on any atom is 0.332 e. The molecule has 1 N–H and O–H groups in total. The van der Waals surface area contributed by atoms with Gasteiger partial charge in [0.15, 0.2) is 5.65 Å². The lowest BCUT2D eigenvalue weighted by Crippen LogP contribution is -2.38. The van der Waals surface area contributed by atoms with E-state index in [1.165, 1.54) is 11.6 Å². The molecule has 10 heteroatoms. The molecule has 0 spiro atoms. The fourth-order valence-corrected chi connectivity index (χ4v) is 3.64. The third-order valence-corrected chi connectivity index (χ3v) is 5.55. The number of aromatic nitrogens is 4. The number of carbonyl (C=O) groups excluding carboxylic acids is 1. The number of hydrogen-bond donors (Lipinski definition) is 1. The van der Waals surface area contributed by atoms with Crippen LogP contribution in [0.15, 0.2) is 38.9 Å². The van der Waals surface area contributed by atoms with Crippen LogP contribution < -0.4 is 16.6 Å². The molecular weight excluding hydrogens is 416 g/mol. The molecule has 0 saturated carbocycles. The van der Waals surface area contributed by atoms with Crippen molar-refractivity contribution in [2.24, 2.45) is 14.1 Å². The highest BCUT2D eigenvalue weighted by molar-refractivity contribution is 8.00. The maximum absolute atomic E-state index is 12.8. The number of nitrogens with zero attached hydrogens (tertiary/aromatic N) is 5. The van der Waals surface area contributed by atoms with Gasteiger partial charge in [-0.05, 0) is 24.3 Å². The summed E-state index contributed by atoms with van der Waals surface area (Å²) in [6.45, 7) is 5.79. The number of carbonyl (C=O) groups is 1. The predicted octanol–water partition coefficient (Wildman–Crippen LogP) is 1.93. The van der Waals surface area contributed by atoms with Gasteiger partial charge in [-0.3, -0.25) is 18.7 Å². The Morgan fingerprint density at radius 3 is 2.35 bits per heavy atom. The monoisotopic (exact) mass is 438 g/mol. The molecule has 2 heterocycles. The number of nitrogens with one attached hydrogen (secondary N) is 1. The van der Waals surface area contributed by atoms with Crippen molar-refractivity contribution in [1.29, 1.82) is 5.26 Å². The van der Waals surface area contributed by atoms with Crippen molar-refractivity contribution in [3.05, 3.63) is 56.5 Å². The van der Waals surface area contributed by atoms with Crippen LogP contribution in [0.25, 0.3) is 11.0 Å². The molecule has 0 atom stereocenters. The van der Waals surface area contributed by atoms with Crippen LogP contribution >= 0.6 is 11.8 Å². The molecule has 1 amide bonds.